The van der Waals surface area contributed by atoms with Gasteiger partial charge in [-0.2, -0.15) is 19.6 Å². The van der Waals surface area contributed by atoms with E-state index in [-0.39, 0.29) is 12.1 Å². The molecule has 1 saturated heterocycles. The molecule has 1 unspecified atom stereocenters. The zero-order chi connectivity index (χ0) is 20.5. The standard InChI is InChI=1S/C20H21N7O3/c1-12-5-6-16(30-12)19-26-20(21)25-18-15(9-22-27(18)19)24-17-4-2-3-13(23-17)10-29-14-7-8-28-11-14/h2-6,9,14H,7-8,10-11H2,1H3,(H2,21,25)(H,23,24). The van der Waals surface area contributed by atoms with Crippen LogP contribution in [-0.4, -0.2) is 43.9 Å². The van der Waals surface area contributed by atoms with Crippen LogP contribution in [0.5, 0.6) is 0 Å². The Labute approximate surface area is 172 Å². The Morgan fingerprint density at radius 2 is 2.17 bits per heavy atom. The van der Waals surface area contributed by atoms with E-state index < -0.39 is 0 Å². The summed E-state index contributed by atoms with van der Waals surface area (Å²) in [6.07, 6.45) is 2.70. The fraction of sp³-hybridized carbons (Fsp3) is 0.300. The van der Waals surface area contributed by atoms with Gasteiger partial charge in [0.25, 0.3) is 0 Å². The number of nitrogens with one attached hydrogen (secondary N) is 1. The Hall–Kier alpha value is -3.50. The lowest BCUT2D eigenvalue weighted by Crippen LogP contribution is -2.12. The molecule has 0 saturated carbocycles. The van der Waals surface area contributed by atoms with Gasteiger partial charge in [0.05, 0.1) is 31.2 Å². The molecule has 1 fully saturated rings. The van der Waals surface area contributed by atoms with Gasteiger partial charge in [-0.1, -0.05) is 6.07 Å². The van der Waals surface area contributed by atoms with Crippen molar-refractivity contribution in [3.63, 3.8) is 0 Å². The number of aromatic nitrogens is 5. The fourth-order valence-electron chi connectivity index (χ4n) is 3.31. The molecule has 0 aliphatic carbocycles. The Morgan fingerprint density at radius 1 is 1.23 bits per heavy atom. The number of anilines is 3. The van der Waals surface area contributed by atoms with Crippen LogP contribution in [0.15, 0.2) is 40.9 Å². The monoisotopic (exact) mass is 407 g/mol. The normalized spacial score (nSPS) is 16.4. The van der Waals surface area contributed by atoms with Crippen molar-refractivity contribution in [2.45, 2.75) is 26.1 Å². The first-order valence-electron chi connectivity index (χ1n) is 9.66. The summed E-state index contributed by atoms with van der Waals surface area (Å²) >= 11 is 0. The predicted molar refractivity (Wildman–Crippen MR) is 109 cm³/mol. The number of pyridine rings is 1. The summed E-state index contributed by atoms with van der Waals surface area (Å²) in [5, 5.41) is 7.66. The van der Waals surface area contributed by atoms with Gasteiger partial charge in [0.2, 0.25) is 11.8 Å². The minimum atomic E-state index is 0.129. The summed E-state index contributed by atoms with van der Waals surface area (Å²) in [4.78, 5) is 13.2. The number of fused-ring (bicyclic) bond motifs is 1. The van der Waals surface area contributed by atoms with E-state index in [1.54, 1.807) is 10.7 Å². The third-order valence-corrected chi connectivity index (χ3v) is 4.77. The highest BCUT2D eigenvalue weighted by atomic mass is 16.5. The molecule has 1 aliphatic rings. The highest BCUT2D eigenvalue weighted by Gasteiger charge is 2.18. The second-order valence-corrected chi connectivity index (χ2v) is 7.05. The molecule has 5 rings (SSSR count). The molecular weight excluding hydrogens is 386 g/mol. The molecule has 0 radical (unpaired) electrons. The van der Waals surface area contributed by atoms with Gasteiger partial charge in [-0.3, -0.25) is 0 Å². The quantitative estimate of drug-likeness (QED) is 0.496. The van der Waals surface area contributed by atoms with E-state index in [1.807, 2.05) is 37.3 Å². The Kier molecular flexibility index (Phi) is 4.77. The Balaban J connectivity index is 1.40. The van der Waals surface area contributed by atoms with Gasteiger partial charge < -0.3 is 24.9 Å². The van der Waals surface area contributed by atoms with Crippen LogP contribution in [0.3, 0.4) is 0 Å². The summed E-state index contributed by atoms with van der Waals surface area (Å²) in [5.41, 5.74) is 7.94. The van der Waals surface area contributed by atoms with Crippen LogP contribution in [0.1, 0.15) is 17.9 Å². The number of rotatable bonds is 6. The molecule has 4 aromatic rings. The maximum Gasteiger partial charge on any atom is 0.224 e. The van der Waals surface area contributed by atoms with E-state index in [2.05, 4.69) is 25.4 Å². The fourth-order valence-corrected chi connectivity index (χ4v) is 3.31. The molecule has 1 atom stereocenters. The molecule has 0 aromatic carbocycles. The van der Waals surface area contributed by atoms with E-state index >= 15 is 0 Å². The van der Waals surface area contributed by atoms with Crippen LogP contribution in [0.4, 0.5) is 17.5 Å². The molecule has 10 heteroatoms. The number of hydrogen-bond donors (Lipinski definition) is 2. The van der Waals surface area contributed by atoms with E-state index in [1.165, 1.54) is 0 Å². The predicted octanol–water partition coefficient (Wildman–Crippen LogP) is 2.72. The lowest BCUT2D eigenvalue weighted by atomic mass is 10.3. The van der Waals surface area contributed by atoms with E-state index in [9.17, 15) is 0 Å². The van der Waals surface area contributed by atoms with Crippen molar-refractivity contribution < 1.29 is 13.9 Å². The number of hydrogen-bond acceptors (Lipinski definition) is 9. The third-order valence-electron chi connectivity index (χ3n) is 4.77. The van der Waals surface area contributed by atoms with Gasteiger partial charge in [-0.15, -0.1) is 0 Å². The first-order chi connectivity index (χ1) is 14.7. The van der Waals surface area contributed by atoms with Crippen molar-refractivity contribution in [1.82, 2.24) is 24.6 Å². The Morgan fingerprint density at radius 3 is 2.97 bits per heavy atom. The molecule has 0 spiro atoms. The Bertz CT molecular complexity index is 1180. The molecule has 1 aliphatic heterocycles. The van der Waals surface area contributed by atoms with Gasteiger partial charge in [0, 0.05) is 6.61 Å². The average molecular weight is 407 g/mol. The van der Waals surface area contributed by atoms with Crippen LogP contribution in [0.2, 0.25) is 0 Å². The van der Waals surface area contributed by atoms with Crippen molar-refractivity contribution >= 4 is 23.1 Å². The van der Waals surface area contributed by atoms with Gasteiger partial charge >= 0.3 is 0 Å². The smallest absolute Gasteiger partial charge is 0.224 e. The summed E-state index contributed by atoms with van der Waals surface area (Å²) in [6.45, 7) is 3.68. The van der Waals surface area contributed by atoms with Gasteiger partial charge in [-0.25, -0.2) is 4.98 Å². The van der Waals surface area contributed by atoms with Crippen molar-refractivity contribution in [2.75, 3.05) is 24.3 Å². The molecule has 154 valence electrons. The van der Waals surface area contributed by atoms with E-state index in [4.69, 9.17) is 19.6 Å². The maximum absolute atomic E-state index is 5.94. The number of nitrogens with zero attached hydrogens (tertiary/aromatic N) is 5. The van der Waals surface area contributed by atoms with Gasteiger partial charge in [0.1, 0.15) is 17.3 Å². The van der Waals surface area contributed by atoms with Crippen molar-refractivity contribution in [3.05, 3.63) is 48.0 Å². The maximum atomic E-state index is 5.94. The summed E-state index contributed by atoms with van der Waals surface area (Å²) in [6, 6.07) is 9.40. The van der Waals surface area contributed by atoms with Crippen LogP contribution in [0.25, 0.3) is 17.2 Å². The zero-order valence-electron chi connectivity index (χ0n) is 16.4. The van der Waals surface area contributed by atoms with Crippen molar-refractivity contribution in [2.24, 2.45) is 0 Å². The van der Waals surface area contributed by atoms with Crippen LogP contribution >= 0.6 is 0 Å². The van der Waals surface area contributed by atoms with Crippen molar-refractivity contribution in [1.29, 1.82) is 0 Å². The van der Waals surface area contributed by atoms with Crippen LogP contribution in [-0.2, 0) is 16.1 Å². The van der Waals surface area contributed by atoms with Crippen LogP contribution in [0, 0.1) is 6.92 Å². The molecule has 10 nitrogen and oxygen atoms in total. The summed E-state index contributed by atoms with van der Waals surface area (Å²) in [5.74, 6) is 2.60. The minimum absolute atomic E-state index is 0.129. The second-order valence-electron chi connectivity index (χ2n) is 7.05. The molecule has 0 amide bonds. The topological polar surface area (TPSA) is 126 Å². The van der Waals surface area contributed by atoms with E-state index in [0.717, 1.165) is 24.5 Å². The zero-order valence-corrected chi connectivity index (χ0v) is 16.4. The molecular formula is C20H21N7O3. The number of nitrogens with two attached hydrogens (primary N) is 1. The molecule has 30 heavy (non-hydrogen) atoms. The van der Waals surface area contributed by atoms with E-state index in [0.29, 0.717) is 42.0 Å². The first-order valence-corrected chi connectivity index (χ1v) is 9.66. The van der Waals surface area contributed by atoms with Gasteiger partial charge in [0.15, 0.2) is 11.4 Å². The van der Waals surface area contributed by atoms with Gasteiger partial charge in [-0.05, 0) is 37.6 Å². The van der Waals surface area contributed by atoms with Crippen molar-refractivity contribution in [3.8, 4) is 11.6 Å². The summed E-state index contributed by atoms with van der Waals surface area (Å²) in [7, 11) is 0. The number of furan rings is 1. The number of aryl methyl sites for hydroxylation is 1. The largest absolute Gasteiger partial charge is 0.458 e. The molecule has 0 bridgehead atoms. The SMILES string of the molecule is Cc1ccc(-c2nc(N)nc3c(Nc4cccc(COC5CCOC5)n4)cnn23)o1. The average Bonchev–Trinajstić information content (AvgIpc) is 3.48. The summed E-state index contributed by atoms with van der Waals surface area (Å²) < 4.78 is 18.5. The lowest BCUT2D eigenvalue weighted by Gasteiger charge is -2.10. The molecule has 5 heterocycles. The van der Waals surface area contributed by atoms with Crippen LogP contribution < -0.4 is 11.1 Å². The molecule has 4 aromatic heterocycles. The highest BCUT2D eigenvalue weighted by Crippen LogP contribution is 2.26. The number of ether oxygens (including phenoxy) is 2. The third kappa shape index (κ3) is 3.70. The lowest BCUT2D eigenvalue weighted by molar-refractivity contribution is 0.0302. The second kappa shape index (κ2) is 7.73. The molecule has 3 N–H and O–H groups in total. The highest BCUT2D eigenvalue weighted by molar-refractivity contribution is 5.74. The minimum Gasteiger partial charge on any atom is -0.458 e. The first kappa shape index (κ1) is 18.5. The number of nitrogen functional groups attached to an aromatic ring is 1.